The number of thioether (sulfide) groups is 1. The van der Waals surface area contributed by atoms with Crippen molar-refractivity contribution in [1.29, 1.82) is 0 Å². The number of likely N-dealkylation sites (tertiary alicyclic amines) is 1. The number of fused-ring (bicyclic) bond motifs is 1. The molecule has 2 fully saturated rings. The first-order valence-electron chi connectivity index (χ1n) is 13.1. The van der Waals surface area contributed by atoms with Crippen LogP contribution in [0.3, 0.4) is 0 Å². The van der Waals surface area contributed by atoms with Crippen LogP contribution in [0.1, 0.15) is 30.1 Å². The third-order valence-electron chi connectivity index (χ3n) is 6.99. The van der Waals surface area contributed by atoms with Crippen LogP contribution in [-0.2, 0) is 9.59 Å². The van der Waals surface area contributed by atoms with Crippen molar-refractivity contribution in [3.8, 4) is 12.3 Å². The number of likely N-dealkylation sites (N-methyl/N-ethyl adjacent to an activating group) is 1. The van der Waals surface area contributed by atoms with Crippen molar-refractivity contribution in [3.05, 3.63) is 42.0 Å². The fourth-order valence-electron chi connectivity index (χ4n) is 4.89. The summed E-state index contributed by atoms with van der Waals surface area (Å²) in [6.45, 7) is 6.61. The van der Waals surface area contributed by atoms with Crippen molar-refractivity contribution in [1.82, 2.24) is 20.4 Å². The van der Waals surface area contributed by atoms with Crippen LogP contribution in [0.2, 0.25) is 0 Å². The van der Waals surface area contributed by atoms with Crippen molar-refractivity contribution in [2.75, 3.05) is 51.1 Å². The predicted molar refractivity (Wildman–Crippen MR) is 153 cm³/mol. The average molecular weight is 537 g/mol. The molecular weight excluding hydrogens is 500 g/mol. The van der Waals surface area contributed by atoms with E-state index in [1.807, 2.05) is 43.3 Å². The molecule has 4 rings (SSSR count). The van der Waals surface area contributed by atoms with Crippen LogP contribution >= 0.6 is 11.8 Å². The Morgan fingerprint density at radius 2 is 1.89 bits per heavy atom. The van der Waals surface area contributed by atoms with E-state index in [2.05, 4.69) is 26.8 Å². The molecule has 0 aliphatic carbocycles. The zero-order valence-corrected chi connectivity index (χ0v) is 22.6. The molecule has 38 heavy (non-hydrogen) atoms. The highest BCUT2D eigenvalue weighted by atomic mass is 32.2. The van der Waals surface area contributed by atoms with Gasteiger partial charge in [0.05, 0.1) is 6.54 Å². The maximum atomic E-state index is 13.0. The highest BCUT2D eigenvalue weighted by Gasteiger charge is 2.44. The van der Waals surface area contributed by atoms with Crippen molar-refractivity contribution >= 4 is 45.9 Å². The molecule has 0 saturated carbocycles. The Bertz CT molecular complexity index is 1210. The fourth-order valence-corrected chi connectivity index (χ4v) is 6.35. The van der Waals surface area contributed by atoms with Crippen LogP contribution in [0.25, 0.3) is 10.8 Å². The first-order chi connectivity index (χ1) is 18.4. The van der Waals surface area contributed by atoms with E-state index >= 15 is 0 Å². The van der Waals surface area contributed by atoms with Crippen molar-refractivity contribution in [2.45, 2.75) is 36.4 Å². The van der Waals surface area contributed by atoms with Crippen LogP contribution in [0.4, 0.5) is 5.69 Å². The lowest BCUT2D eigenvalue weighted by molar-refractivity contribution is -0.130. The average Bonchev–Trinajstić information content (AvgIpc) is 3.56. The molecule has 2 aliphatic rings. The molecule has 2 aromatic rings. The Balaban J connectivity index is 1.33. The monoisotopic (exact) mass is 536 g/mol. The highest BCUT2D eigenvalue weighted by Crippen LogP contribution is 2.33. The quantitative estimate of drug-likeness (QED) is 0.321. The van der Waals surface area contributed by atoms with Gasteiger partial charge in [-0.05, 0) is 67.9 Å². The summed E-state index contributed by atoms with van der Waals surface area (Å²) in [5.74, 6) is 1.88. The number of nitrogens with zero attached hydrogens (tertiary/aromatic N) is 2. The second-order valence-electron chi connectivity index (χ2n) is 9.55. The van der Waals surface area contributed by atoms with Crippen LogP contribution in [0.15, 0.2) is 36.4 Å². The lowest BCUT2D eigenvalue weighted by Gasteiger charge is -2.26. The van der Waals surface area contributed by atoms with E-state index < -0.39 is 11.4 Å². The lowest BCUT2D eigenvalue weighted by atomic mass is 10.1. The van der Waals surface area contributed by atoms with E-state index in [9.17, 15) is 14.4 Å². The Morgan fingerprint density at radius 1 is 1.16 bits per heavy atom. The van der Waals surface area contributed by atoms with Crippen molar-refractivity contribution < 1.29 is 14.4 Å². The number of carbonyl (C=O) groups excluding carboxylic acids is 3. The Hall–Kier alpha value is -3.26. The number of carbonyl (C=O) groups is 3. The Kier molecular flexibility index (Phi) is 9.50. The molecule has 2 aromatic carbocycles. The molecule has 202 valence electrons. The summed E-state index contributed by atoms with van der Waals surface area (Å²) in [6.07, 6.45) is 7.69. The fraction of sp³-hybridized carbons (Fsp3) is 0.464. The van der Waals surface area contributed by atoms with Gasteiger partial charge in [-0.3, -0.25) is 14.4 Å². The van der Waals surface area contributed by atoms with E-state index in [1.54, 1.807) is 4.90 Å². The number of hydrogen-bond acceptors (Lipinski definition) is 7. The van der Waals surface area contributed by atoms with Crippen LogP contribution < -0.4 is 21.7 Å². The molecule has 3 atom stereocenters. The summed E-state index contributed by atoms with van der Waals surface area (Å²) in [7, 11) is 0. The van der Waals surface area contributed by atoms with Crippen LogP contribution in [0.5, 0.6) is 0 Å². The van der Waals surface area contributed by atoms with E-state index in [4.69, 9.17) is 12.2 Å². The molecule has 5 N–H and O–H groups in total. The van der Waals surface area contributed by atoms with Crippen molar-refractivity contribution in [2.24, 2.45) is 5.73 Å². The number of benzene rings is 2. The largest absolute Gasteiger partial charge is 0.383 e. The molecule has 0 bridgehead atoms. The molecule has 0 radical (unpaired) electrons. The molecule has 2 aliphatic heterocycles. The number of hydrogen-bond donors (Lipinski definition) is 4. The van der Waals surface area contributed by atoms with Gasteiger partial charge in [-0.2, -0.15) is 0 Å². The minimum Gasteiger partial charge on any atom is -0.383 e. The number of rotatable bonds is 11. The van der Waals surface area contributed by atoms with Crippen LogP contribution in [-0.4, -0.2) is 90.0 Å². The minimum atomic E-state index is -0.866. The van der Waals surface area contributed by atoms with Gasteiger partial charge in [0.2, 0.25) is 11.8 Å². The molecule has 10 heteroatoms. The lowest BCUT2D eigenvalue weighted by Crippen LogP contribution is -2.52. The van der Waals surface area contributed by atoms with Gasteiger partial charge >= 0.3 is 0 Å². The normalized spacial score (nSPS) is 20.3. The molecule has 3 amide bonds. The number of nitrogens with one attached hydrogen (secondary N) is 3. The van der Waals surface area contributed by atoms with E-state index in [0.29, 0.717) is 25.2 Å². The molecule has 9 nitrogen and oxygen atoms in total. The van der Waals surface area contributed by atoms with E-state index in [1.165, 1.54) is 24.6 Å². The summed E-state index contributed by atoms with van der Waals surface area (Å²) in [6, 6.07) is 10.7. The van der Waals surface area contributed by atoms with Crippen LogP contribution in [0, 0.1) is 12.3 Å². The summed E-state index contributed by atoms with van der Waals surface area (Å²) < 4.78 is 0. The number of nitrogens with two attached hydrogens (primary N) is 1. The van der Waals surface area contributed by atoms with Gasteiger partial charge in [-0.1, -0.05) is 18.1 Å². The van der Waals surface area contributed by atoms with Gasteiger partial charge in [0.15, 0.2) is 0 Å². The van der Waals surface area contributed by atoms with Gasteiger partial charge < -0.3 is 31.5 Å². The van der Waals surface area contributed by atoms with Gasteiger partial charge in [-0.25, -0.2) is 0 Å². The Morgan fingerprint density at radius 3 is 2.63 bits per heavy atom. The third-order valence-corrected chi connectivity index (χ3v) is 8.51. The van der Waals surface area contributed by atoms with Gasteiger partial charge in [0.1, 0.15) is 16.7 Å². The molecule has 2 saturated heterocycles. The summed E-state index contributed by atoms with van der Waals surface area (Å²) in [4.78, 5) is 41.9. The molecule has 0 aromatic heterocycles. The first-order valence-corrected chi connectivity index (χ1v) is 14.1. The topological polar surface area (TPSA) is 120 Å². The minimum absolute atomic E-state index is 0.0450. The summed E-state index contributed by atoms with van der Waals surface area (Å²) in [5, 5.41) is 10.1. The molecule has 1 unspecified atom stereocenters. The number of amides is 3. The molecule has 0 spiro atoms. The summed E-state index contributed by atoms with van der Waals surface area (Å²) >= 11 is 1.39. The zero-order chi connectivity index (χ0) is 27.1. The number of anilines is 1. The first kappa shape index (κ1) is 27.8. The standard InChI is InChI=1S/C28H36N6O3S/c1-3-11-30-26(36)24(29)28-34(4-2)27(37)23(38-28)18-32-22-10-9-19-16-21(8-7-20(19)17-22)25(35)31-12-15-33-13-5-6-14-33/h1,7-10,16-17,23-24,28,32H,4-6,11-15,18,29H2,2H3,(H,30,36)(H,31,35)/t23-,24-,28?/m1/s1. The smallest absolute Gasteiger partial charge is 0.251 e. The zero-order valence-electron chi connectivity index (χ0n) is 21.7. The van der Waals surface area contributed by atoms with Crippen molar-refractivity contribution in [3.63, 3.8) is 0 Å². The summed E-state index contributed by atoms with van der Waals surface area (Å²) in [5.41, 5.74) is 7.68. The second-order valence-corrected chi connectivity index (χ2v) is 10.9. The highest BCUT2D eigenvalue weighted by molar-refractivity contribution is 8.01. The maximum Gasteiger partial charge on any atom is 0.251 e. The van der Waals surface area contributed by atoms with E-state index in [-0.39, 0.29) is 29.5 Å². The second kappa shape index (κ2) is 13.0. The van der Waals surface area contributed by atoms with Gasteiger partial charge in [-0.15, -0.1) is 18.2 Å². The number of terminal acetylenes is 1. The third kappa shape index (κ3) is 6.59. The van der Waals surface area contributed by atoms with Gasteiger partial charge in [0.25, 0.3) is 5.91 Å². The van der Waals surface area contributed by atoms with Gasteiger partial charge in [0, 0.05) is 37.4 Å². The SMILES string of the molecule is C#CCNC(=O)[C@@H](N)C1S[C@H](CNc2ccc3cc(C(=O)NCCN4CCCC4)ccc3c2)C(=O)N1CC. The maximum absolute atomic E-state index is 13.0. The van der Waals surface area contributed by atoms with E-state index in [0.717, 1.165) is 36.1 Å². The molecular formula is C28H36N6O3S. The Labute approximate surface area is 228 Å². The predicted octanol–water partition coefficient (Wildman–Crippen LogP) is 1.44. The molecule has 2 heterocycles.